The Morgan fingerprint density at radius 3 is 2.73 bits per heavy atom. The molecular formula is C8H15NO2. The third-order valence-electron chi connectivity index (χ3n) is 2.68. The number of nitrogens with two attached hydrogens (primary N) is 1. The SMILES string of the molecule is CC[C@@H]1C[C@]1(CN)C(=O)OC. The van der Waals surface area contributed by atoms with E-state index in [1.165, 1.54) is 7.11 Å². The molecular weight excluding hydrogens is 142 g/mol. The molecule has 0 aromatic carbocycles. The van der Waals surface area contributed by atoms with Crippen molar-refractivity contribution < 1.29 is 9.53 Å². The molecule has 2 atom stereocenters. The molecule has 64 valence electrons. The van der Waals surface area contributed by atoms with Crippen LogP contribution in [0.15, 0.2) is 0 Å². The van der Waals surface area contributed by atoms with Crippen LogP contribution in [0, 0.1) is 11.3 Å². The van der Waals surface area contributed by atoms with Crippen LogP contribution in [0.3, 0.4) is 0 Å². The minimum absolute atomic E-state index is 0.133. The zero-order chi connectivity index (χ0) is 8.48. The number of hydrogen-bond donors (Lipinski definition) is 1. The number of rotatable bonds is 3. The molecule has 0 aromatic heterocycles. The molecule has 3 nitrogen and oxygen atoms in total. The first-order chi connectivity index (χ1) is 5.21. The van der Waals surface area contributed by atoms with E-state index >= 15 is 0 Å². The topological polar surface area (TPSA) is 52.3 Å². The predicted octanol–water partition coefficient (Wildman–Crippen LogP) is 0.534. The van der Waals surface area contributed by atoms with Crippen molar-refractivity contribution in [2.24, 2.45) is 17.1 Å². The molecule has 0 spiro atoms. The van der Waals surface area contributed by atoms with Crippen LogP contribution in [0.4, 0.5) is 0 Å². The van der Waals surface area contributed by atoms with Gasteiger partial charge in [0.1, 0.15) is 0 Å². The number of esters is 1. The van der Waals surface area contributed by atoms with Crippen molar-refractivity contribution in [2.45, 2.75) is 19.8 Å². The molecule has 1 saturated carbocycles. The van der Waals surface area contributed by atoms with E-state index in [1.54, 1.807) is 0 Å². The smallest absolute Gasteiger partial charge is 0.313 e. The molecule has 1 rings (SSSR count). The lowest BCUT2D eigenvalue weighted by Gasteiger charge is -2.10. The fraction of sp³-hybridized carbons (Fsp3) is 0.875. The highest BCUT2D eigenvalue weighted by molar-refractivity contribution is 5.80. The van der Waals surface area contributed by atoms with Gasteiger partial charge < -0.3 is 10.5 Å². The Balaban J connectivity index is 2.59. The van der Waals surface area contributed by atoms with Crippen LogP contribution in [-0.4, -0.2) is 19.6 Å². The maximum absolute atomic E-state index is 11.2. The Kier molecular flexibility index (Phi) is 2.18. The van der Waals surface area contributed by atoms with Crippen molar-refractivity contribution in [2.75, 3.05) is 13.7 Å². The van der Waals surface area contributed by atoms with E-state index in [9.17, 15) is 4.79 Å². The first-order valence-electron chi connectivity index (χ1n) is 3.99. The molecule has 0 unspecified atom stereocenters. The molecule has 11 heavy (non-hydrogen) atoms. The lowest BCUT2D eigenvalue weighted by Crippen LogP contribution is -2.28. The standard InChI is InChI=1S/C8H15NO2/c1-3-6-4-8(6,5-9)7(10)11-2/h6H,3-5,9H2,1-2H3/t6-,8-/m1/s1. The number of ether oxygens (including phenoxy) is 1. The van der Waals surface area contributed by atoms with E-state index in [0.29, 0.717) is 12.5 Å². The van der Waals surface area contributed by atoms with E-state index < -0.39 is 0 Å². The molecule has 0 saturated heterocycles. The number of carbonyl (C=O) groups excluding carboxylic acids is 1. The fourth-order valence-electron chi connectivity index (χ4n) is 1.70. The highest BCUT2D eigenvalue weighted by atomic mass is 16.5. The van der Waals surface area contributed by atoms with Crippen LogP contribution >= 0.6 is 0 Å². The van der Waals surface area contributed by atoms with Crippen LogP contribution < -0.4 is 5.73 Å². The van der Waals surface area contributed by atoms with Gasteiger partial charge in [0.05, 0.1) is 12.5 Å². The van der Waals surface area contributed by atoms with Gasteiger partial charge in [0.15, 0.2) is 0 Å². The Morgan fingerprint density at radius 1 is 1.82 bits per heavy atom. The monoisotopic (exact) mass is 157 g/mol. The van der Waals surface area contributed by atoms with Gasteiger partial charge in [-0.05, 0) is 12.3 Å². The van der Waals surface area contributed by atoms with Gasteiger partial charge in [0.2, 0.25) is 0 Å². The van der Waals surface area contributed by atoms with Gasteiger partial charge >= 0.3 is 5.97 Å². The predicted molar refractivity (Wildman–Crippen MR) is 41.9 cm³/mol. The van der Waals surface area contributed by atoms with Crippen LogP contribution in [0.5, 0.6) is 0 Å². The summed E-state index contributed by atoms with van der Waals surface area (Å²) in [5, 5.41) is 0. The van der Waals surface area contributed by atoms with Crippen molar-refractivity contribution in [3.8, 4) is 0 Å². The van der Waals surface area contributed by atoms with Crippen molar-refractivity contribution in [3.05, 3.63) is 0 Å². The summed E-state index contributed by atoms with van der Waals surface area (Å²) in [7, 11) is 1.42. The average Bonchev–Trinajstić information content (AvgIpc) is 2.78. The summed E-state index contributed by atoms with van der Waals surface area (Å²) in [5.74, 6) is 0.326. The third-order valence-corrected chi connectivity index (χ3v) is 2.68. The molecule has 0 bridgehead atoms. The quantitative estimate of drug-likeness (QED) is 0.608. The van der Waals surface area contributed by atoms with Gasteiger partial charge in [-0.15, -0.1) is 0 Å². The van der Waals surface area contributed by atoms with E-state index in [-0.39, 0.29) is 11.4 Å². The second kappa shape index (κ2) is 2.81. The van der Waals surface area contributed by atoms with E-state index in [0.717, 1.165) is 12.8 Å². The first-order valence-corrected chi connectivity index (χ1v) is 3.99. The molecule has 0 aliphatic heterocycles. The lowest BCUT2D eigenvalue weighted by atomic mass is 10.0. The molecule has 1 aliphatic carbocycles. The Hall–Kier alpha value is -0.570. The summed E-state index contributed by atoms with van der Waals surface area (Å²) in [6, 6.07) is 0. The normalized spacial score (nSPS) is 35.0. The Labute approximate surface area is 66.9 Å². The highest BCUT2D eigenvalue weighted by Crippen LogP contribution is 2.54. The second-order valence-corrected chi connectivity index (χ2v) is 3.16. The minimum Gasteiger partial charge on any atom is -0.469 e. The first kappa shape index (κ1) is 8.53. The number of hydrogen-bond acceptors (Lipinski definition) is 3. The molecule has 1 aliphatic rings. The molecule has 0 radical (unpaired) electrons. The Morgan fingerprint density at radius 2 is 2.45 bits per heavy atom. The number of methoxy groups -OCH3 is 1. The molecule has 1 fully saturated rings. The summed E-state index contributed by atoms with van der Waals surface area (Å²) >= 11 is 0. The van der Waals surface area contributed by atoms with Crippen molar-refractivity contribution in [3.63, 3.8) is 0 Å². The van der Waals surface area contributed by atoms with Crippen molar-refractivity contribution in [1.29, 1.82) is 0 Å². The van der Waals surface area contributed by atoms with Crippen molar-refractivity contribution >= 4 is 5.97 Å². The van der Waals surface area contributed by atoms with Crippen LogP contribution in [0.25, 0.3) is 0 Å². The van der Waals surface area contributed by atoms with Gasteiger partial charge in [-0.3, -0.25) is 4.79 Å². The molecule has 2 N–H and O–H groups in total. The fourth-order valence-corrected chi connectivity index (χ4v) is 1.70. The van der Waals surface area contributed by atoms with Gasteiger partial charge in [0, 0.05) is 6.54 Å². The maximum atomic E-state index is 11.2. The zero-order valence-corrected chi connectivity index (χ0v) is 7.09. The van der Waals surface area contributed by atoms with E-state index in [4.69, 9.17) is 5.73 Å². The summed E-state index contributed by atoms with van der Waals surface area (Å²) < 4.78 is 4.68. The van der Waals surface area contributed by atoms with E-state index in [2.05, 4.69) is 11.7 Å². The Bertz CT molecular complexity index is 169. The van der Waals surface area contributed by atoms with E-state index in [1.807, 2.05) is 0 Å². The summed E-state index contributed by atoms with van der Waals surface area (Å²) in [6.45, 7) is 2.50. The molecule has 3 heteroatoms. The summed E-state index contributed by atoms with van der Waals surface area (Å²) in [6.07, 6.45) is 1.93. The van der Waals surface area contributed by atoms with Gasteiger partial charge in [-0.1, -0.05) is 13.3 Å². The van der Waals surface area contributed by atoms with Crippen LogP contribution in [0.1, 0.15) is 19.8 Å². The van der Waals surface area contributed by atoms with Gasteiger partial charge in [-0.25, -0.2) is 0 Å². The summed E-state index contributed by atoms with van der Waals surface area (Å²) in [5.41, 5.74) is 5.19. The average molecular weight is 157 g/mol. The highest BCUT2D eigenvalue weighted by Gasteiger charge is 2.58. The maximum Gasteiger partial charge on any atom is 0.313 e. The van der Waals surface area contributed by atoms with Crippen LogP contribution in [-0.2, 0) is 9.53 Å². The lowest BCUT2D eigenvalue weighted by molar-refractivity contribution is -0.147. The number of carbonyl (C=O) groups is 1. The molecule has 0 amide bonds. The molecule has 0 heterocycles. The second-order valence-electron chi connectivity index (χ2n) is 3.16. The van der Waals surface area contributed by atoms with Gasteiger partial charge in [-0.2, -0.15) is 0 Å². The van der Waals surface area contributed by atoms with Crippen molar-refractivity contribution in [1.82, 2.24) is 0 Å². The molecule has 0 aromatic rings. The largest absolute Gasteiger partial charge is 0.469 e. The minimum atomic E-state index is -0.316. The van der Waals surface area contributed by atoms with Gasteiger partial charge in [0.25, 0.3) is 0 Å². The van der Waals surface area contributed by atoms with Crippen LogP contribution in [0.2, 0.25) is 0 Å². The summed E-state index contributed by atoms with van der Waals surface area (Å²) in [4.78, 5) is 11.2. The zero-order valence-electron chi connectivity index (χ0n) is 7.09. The third kappa shape index (κ3) is 1.13.